The number of hydrogen-bond acceptors (Lipinski definition) is 5. The summed E-state index contributed by atoms with van der Waals surface area (Å²) in [4.78, 5) is 26.2. The minimum absolute atomic E-state index is 0.178. The van der Waals surface area contributed by atoms with Crippen molar-refractivity contribution in [2.24, 2.45) is 0 Å². The summed E-state index contributed by atoms with van der Waals surface area (Å²) in [6.45, 7) is 6.13. The van der Waals surface area contributed by atoms with Crippen molar-refractivity contribution in [2.75, 3.05) is 26.7 Å². The lowest BCUT2D eigenvalue weighted by Gasteiger charge is -2.29. The normalized spacial score (nSPS) is 19.1. The third kappa shape index (κ3) is 3.72. The number of morpholine rings is 1. The Morgan fingerprint density at radius 1 is 1.41 bits per heavy atom. The molecule has 22 heavy (non-hydrogen) atoms. The van der Waals surface area contributed by atoms with Crippen LogP contribution in [0.1, 0.15) is 30.7 Å². The number of ether oxygens (including phenoxy) is 1. The van der Waals surface area contributed by atoms with Crippen LogP contribution in [0.5, 0.6) is 0 Å². The molecule has 122 valence electrons. The van der Waals surface area contributed by atoms with Crippen molar-refractivity contribution in [1.82, 2.24) is 20.4 Å². The lowest BCUT2D eigenvalue weighted by atomic mass is 10.0. The van der Waals surface area contributed by atoms with Crippen LogP contribution in [0.4, 0.5) is 0 Å². The second-order valence-electron chi connectivity index (χ2n) is 5.50. The summed E-state index contributed by atoms with van der Waals surface area (Å²) in [5.74, 6) is -0.178. The van der Waals surface area contributed by atoms with E-state index >= 15 is 0 Å². The van der Waals surface area contributed by atoms with Gasteiger partial charge in [0.05, 0.1) is 12.3 Å². The van der Waals surface area contributed by atoms with Crippen LogP contribution >= 0.6 is 0 Å². The van der Waals surface area contributed by atoms with E-state index < -0.39 is 6.10 Å². The van der Waals surface area contributed by atoms with Crippen molar-refractivity contribution in [1.29, 1.82) is 0 Å². The van der Waals surface area contributed by atoms with E-state index in [1.54, 1.807) is 0 Å². The van der Waals surface area contributed by atoms with Gasteiger partial charge < -0.3 is 15.0 Å². The average molecular weight is 308 g/mol. The molecule has 0 aliphatic carbocycles. The summed E-state index contributed by atoms with van der Waals surface area (Å²) >= 11 is 0. The quantitative estimate of drug-likeness (QED) is 0.789. The molecule has 1 saturated heterocycles. The zero-order chi connectivity index (χ0) is 16.1. The highest BCUT2D eigenvalue weighted by Gasteiger charge is 2.25. The van der Waals surface area contributed by atoms with Gasteiger partial charge >= 0.3 is 0 Å². The number of H-pyrrole nitrogens is 1. The molecule has 0 spiro atoms. The Morgan fingerprint density at radius 3 is 2.82 bits per heavy atom. The van der Waals surface area contributed by atoms with Gasteiger partial charge in [-0.05, 0) is 25.5 Å². The van der Waals surface area contributed by atoms with Crippen molar-refractivity contribution < 1.29 is 9.53 Å². The average Bonchev–Trinajstić information content (AvgIpc) is 2.53. The van der Waals surface area contributed by atoms with Gasteiger partial charge in [0.1, 0.15) is 6.10 Å². The van der Waals surface area contributed by atoms with Gasteiger partial charge in [0, 0.05) is 25.2 Å². The number of carbonyl (C=O) groups is 1. The Bertz CT molecular complexity index is 585. The number of carbonyl (C=O) groups excluding carboxylic acids is 1. The fraction of sp³-hybridized carbons (Fsp3) is 0.667. The number of rotatable bonds is 5. The van der Waals surface area contributed by atoms with Gasteiger partial charge in [0.25, 0.3) is 11.5 Å². The molecule has 2 rings (SSSR count). The minimum atomic E-state index is -0.476. The number of hydrogen-bond donors (Lipinski definition) is 2. The molecule has 0 aromatic carbocycles. The van der Waals surface area contributed by atoms with E-state index in [9.17, 15) is 9.59 Å². The molecule has 0 saturated carbocycles. The maximum absolute atomic E-state index is 12.2. The standard InChI is InChI=1S/C15H24N4O3/c1-4-10-11(14(20)18-17-12(10)5-2)8-16-15(21)13-9-19(3)6-7-22-13/h13H,4-9H2,1-3H3,(H,16,21)(H,18,20). The minimum Gasteiger partial charge on any atom is -0.366 e. The molecular weight excluding hydrogens is 284 g/mol. The first-order valence-corrected chi connectivity index (χ1v) is 7.73. The summed E-state index contributed by atoms with van der Waals surface area (Å²) < 4.78 is 5.48. The molecule has 1 atom stereocenters. The van der Waals surface area contributed by atoms with Crippen LogP contribution in [0.15, 0.2) is 4.79 Å². The number of likely N-dealkylation sites (N-methyl/N-ethyl adjacent to an activating group) is 1. The van der Waals surface area contributed by atoms with E-state index in [1.807, 2.05) is 20.9 Å². The van der Waals surface area contributed by atoms with Crippen molar-refractivity contribution in [3.63, 3.8) is 0 Å². The molecule has 1 unspecified atom stereocenters. The van der Waals surface area contributed by atoms with Gasteiger partial charge in [-0.1, -0.05) is 13.8 Å². The molecule has 7 heteroatoms. The summed E-state index contributed by atoms with van der Waals surface area (Å²) in [6.07, 6.45) is 0.987. The number of aromatic amines is 1. The van der Waals surface area contributed by atoms with E-state index in [4.69, 9.17) is 4.74 Å². The third-order valence-electron chi connectivity index (χ3n) is 3.97. The Hall–Kier alpha value is -1.73. The monoisotopic (exact) mass is 308 g/mol. The van der Waals surface area contributed by atoms with E-state index in [1.165, 1.54) is 0 Å². The van der Waals surface area contributed by atoms with Crippen LogP contribution in [0, 0.1) is 0 Å². The van der Waals surface area contributed by atoms with Crippen molar-refractivity contribution >= 4 is 5.91 Å². The smallest absolute Gasteiger partial charge is 0.269 e. The SMILES string of the molecule is CCc1n[nH]c(=O)c(CNC(=O)C2CN(C)CCO2)c1CC. The maximum Gasteiger partial charge on any atom is 0.269 e. The molecule has 2 N–H and O–H groups in total. The van der Waals surface area contributed by atoms with Gasteiger partial charge in [0.2, 0.25) is 0 Å². The van der Waals surface area contributed by atoms with Gasteiger partial charge in [0.15, 0.2) is 0 Å². The van der Waals surface area contributed by atoms with Crippen LogP contribution in [-0.4, -0.2) is 53.9 Å². The topological polar surface area (TPSA) is 87.3 Å². The van der Waals surface area contributed by atoms with Crippen molar-refractivity contribution in [3.8, 4) is 0 Å². The van der Waals surface area contributed by atoms with Gasteiger partial charge in [-0.2, -0.15) is 5.10 Å². The second kappa shape index (κ2) is 7.51. The molecule has 1 aliphatic heterocycles. The highest BCUT2D eigenvalue weighted by Crippen LogP contribution is 2.10. The van der Waals surface area contributed by atoms with Crippen LogP contribution in [0.2, 0.25) is 0 Å². The molecule has 0 radical (unpaired) electrons. The number of nitrogens with one attached hydrogen (secondary N) is 2. The Balaban J connectivity index is 2.08. The first kappa shape index (κ1) is 16.6. The predicted molar refractivity (Wildman–Crippen MR) is 82.7 cm³/mol. The number of amides is 1. The van der Waals surface area contributed by atoms with E-state index in [2.05, 4.69) is 20.4 Å². The zero-order valence-corrected chi connectivity index (χ0v) is 13.4. The van der Waals surface area contributed by atoms with E-state index in [0.717, 1.165) is 24.2 Å². The first-order valence-electron chi connectivity index (χ1n) is 7.73. The zero-order valence-electron chi connectivity index (χ0n) is 13.4. The first-order chi connectivity index (χ1) is 10.6. The lowest BCUT2D eigenvalue weighted by molar-refractivity contribution is -0.138. The second-order valence-corrected chi connectivity index (χ2v) is 5.50. The molecular formula is C15H24N4O3. The highest BCUT2D eigenvalue weighted by atomic mass is 16.5. The number of aryl methyl sites for hydroxylation is 1. The predicted octanol–water partition coefficient (Wildman–Crippen LogP) is -0.158. The number of aromatic nitrogens is 2. The van der Waals surface area contributed by atoms with Crippen molar-refractivity contribution in [2.45, 2.75) is 39.3 Å². The summed E-state index contributed by atoms with van der Waals surface area (Å²) in [5, 5.41) is 9.40. The third-order valence-corrected chi connectivity index (χ3v) is 3.97. The molecule has 2 heterocycles. The molecule has 0 bridgehead atoms. The van der Waals surface area contributed by atoms with E-state index in [0.29, 0.717) is 25.1 Å². The van der Waals surface area contributed by atoms with Crippen molar-refractivity contribution in [3.05, 3.63) is 27.2 Å². The molecule has 7 nitrogen and oxygen atoms in total. The van der Waals surface area contributed by atoms with Gasteiger partial charge in [-0.25, -0.2) is 5.10 Å². The summed E-state index contributed by atoms with van der Waals surface area (Å²) in [7, 11) is 1.96. The van der Waals surface area contributed by atoms with Gasteiger partial charge in [-0.15, -0.1) is 0 Å². The summed E-state index contributed by atoms with van der Waals surface area (Å²) in [5.41, 5.74) is 2.15. The Labute approximate surface area is 130 Å². The Morgan fingerprint density at radius 2 is 2.18 bits per heavy atom. The highest BCUT2D eigenvalue weighted by molar-refractivity contribution is 5.81. The van der Waals surface area contributed by atoms with Crippen LogP contribution in [0.3, 0.4) is 0 Å². The fourth-order valence-corrected chi connectivity index (χ4v) is 2.69. The number of nitrogens with zero attached hydrogens (tertiary/aromatic N) is 2. The van der Waals surface area contributed by atoms with Crippen LogP contribution < -0.4 is 10.9 Å². The summed E-state index contributed by atoms with van der Waals surface area (Å²) in [6, 6.07) is 0. The van der Waals surface area contributed by atoms with Crippen LogP contribution in [0.25, 0.3) is 0 Å². The molecule has 1 fully saturated rings. The molecule has 1 amide bonds. The molecule has 1 aromatic rings. The van der Waals surface area contributed by atoms with E-state index in [-0.39, 0.29) is 18.0 Å². The van der Waals surface area contributed by atoms with Crippen LogP contribution in [-0.2, 0) is 28.9 Å². The fourth-order valence-electron chi connectivity index (χ4n) is 2.69. The Kier molecular flexibility index (Phi) is 5.68. The maximum atomic E-state index is 12.2. The van der Waals surface area contributed by atoms with Gasteiger partial charge in [-0.3, -0.25) is 9.59 Å². The molecule has 1 aromatic heterocycles. The lowest BCUT2D eigenvalue weighted by Crippen LogP contribution is -2.48. The largest absolute Gasteiger partial charge is 0.366 e. The molecule has 1 aliphatic rings.